The van der Waals surface area contributed by atoms with Gasteiger partial charge in [-0.15, -0.1) is 0 Å². The van der Waals surface area contributed by atoms with Crippen LogP contribution in [-0.2, 0) is 21.2 Å². The molecule has 4 rings (SSSR count). The summed E-state index contributed by atoms with van der Waals surface area (Å²) in [5.74, 6) is 0.0735. The average molecular weight is 442 g/mol. The van der Waals surface area contributed by atoms with E-state index < -0.39 is 10.0 Å². The van der Waals surface area contributed by atoms with Crippen molar-refractivity contribution in [3.8, 4) is 0 Å². The molecule has 6 nitrogen and oxygen atoms in total. The number of aryl methyl sites for hydroxylation is 2. The predicted octanol–water partition coefficient (Wildman–Crippen LogP) is 3.50. The van der Waals surface area contributed by atoms with E-state index in [-0.39, 0.29) is 11.9 Å². The van der Waals surface area contributed by atoms with Crippen LogP contribution in [0.1, 0.15) is 37.0 Å². The number of fused-ring (bicyclic) bond motifs is 1. The molecule has 0 aromatic heterocycles. The summed E-state index contributed by atoms with van der Waals surface area (Å²) in [6.07, 6.45) is 1.12. The van der Waals surface area contributed by atoms with Crippen molar-refractivity contribution in [2.24, 2.45) is 0 Å². The van der Waals surface area contributed by atoms with Crippen molar-refractivity contribution in [2.75, 3.05) is 36.0 Å². The molecule has 0 radical (unpaired) electrons. The summed E-state index contributed by atoms with van der Waals surface area (Å²) in [6, 6.07) is 11.7. The Kier molecular flexibility index (Phi) is 5.83. The molecule has 0 spiro atoms. The second-order valence-electron chi connectivity index (χ2n) is 8.64. The molecule has 166 valence electrons. The topological polar surface area (TPSA) is 60.9 Å². The lowest BCUT2D eigenvalue weighted by Crippen LogP contribution is -2.48. The standard InChI is InChI=1S/C24H31N3O3S/c1-5-24(28)27-19(4)15-20-16-21(8-9-22(20)27)31(29,30)26-12-10-25(11-13-26)23-14-17(2)6-7-18(23)3/h6-9,14,16,19H,5,10-13,15H2,1-4H3/t19-/m0/s1. The molecule has 31 heavy (non-hydrogen) atoms. The number of carbonyl (C=O) groups excluding carboxylic acids is 1. The molecule has 2 aliphatic heterocycles. The van der Waals surface area contributed by atoms with Crippen molar-refractivity contribution in [3.63, 3.8) is 0 Å². The first kappa shape index (κ1) is 21.8. The van der Waals surface area contributed by atoms with Gasteiger partial charge in [0.2, 0.25) is 15.9 Å². The van der Waals surface area contributed by atoms with E-state index in [0.29, 0.717) is 43.9 Å². The van der Waals surface area contributed by atoms with Gasteiger partial charge in [-0.25, -0.2) is 8.42 Å². The number of anilines is 2. The second-order valence-corrected chi connectivity index (χ2v) is 10.6. The smallest absolute Gasteiger partial charge is 0.243 e. The molecule has 1 saturated heterocycles. The summed E-state index contributed by atoms with van der Waals surface area (Å²) in [6.45, 7) is 10.3. The first-order chi connectivity index (χ1) is 14.7. The van der Waals surface area contributed by atoms with Gasteiger partial charge in [0.1, 0.15) is 0 Å². The Morgan fingerprint density at radius 2 is 1.71 bits per heavy atom. The number of rotatable bonds is 4. The van der Waals surface area contributed by atoms with Crippen molar-refractivity contribution in [3.05, 3.63) is 53.1 Å². The van der Waals surface area contributed by atoms with E-state index in [0.717, 1.165) is 11.3 Å². The lowest BCUT2D eigenvalue weighted by molar-refractivity contribution is -0.118. The van der Waals surface area contributed by atoms with Crippen molar-refractivity contribution < 1.29 is 13.2 Å². The number of sulfonamides is 1. The number of benzene rings is 2. The highest BCUT2D eigenvalue weighted by Gasteiger charge is 2.33. The molecule has 2 heterocycles. The number of amides is 1. The van der Waals surface area contributed by atoms with Crippen molar-refractivity contribution in [1.82, 2.24) is 4.31 Å². The monoisotopic (exact) mass is 441 g/mol. The minimum Gasteiger partial charge on any atom is -0.369 e. The highest BCUT2D eigenvalue weighted by atomic mass is 32.2. The maximum Gasteiger partial charge on any atom is 0.243 e. The summed E-state index contributed by atoms with van der Waals surface area (Å²) in [5, 5.41) is 0. The first-order valence-electron chi connectivity index (χ1n) is 11.0. The van der Waals surface area contributed by atoms with Crippen LogP contribution >= 0.6 is 0 Å². The molecule has 1 fully saturated rings. The van der Waals surface area contributed by atoms with Crippen LogP contribution in [-0.4, -0.2) is 50.9 Å². The molecule has 1 amide bonds. The van der Waals surface area contributed by atoms with Gasteiger partial charge < -0.3 is 9.80 Å². The predicted molar refractivity (Wildman–Crippen MR) is 124 cm³/mol. The zero-order chi connectivity index (χ0) is 22.3. The summed E-state index contributed by atoms with van der Waals surface area (Å²) < 4.78 is 28.2. The largest absolute Gasteiger partial charge is 0.369 e. The normalized spacial score (nSPS) is 19.5. The van der Waals surface area contributed by atoms with Crippen LogP contribution < -0.4 is 9.80 Å². The molecule has 1 atom stereocenters. The lowest BCUT2D eigenvalue weighted by atomic mass is 10.1. The Bertz CT molecular complexity index is 1110. The minimum atomic E-state index is -3.57. The highest BCUT2D eigenvalue weighted by molar-refractivity contribution is 7.89. The van der Waals surface area contributed by atoms with Gasteiger partial charge in [0.05, 0.1) is 4.90 Å². The van der Waals surface area contributed by atoms with E-state index >= 15 is 0 Å². The summed E-state index contributed by atoms with van der Waals surface area (Å²) in [7, 11) is -3.57. The van der Waals surface area contributed by atoms with Crippen LogP contribution in [0, 0.1) is 13.8 Å². The van der Waals surface area contributed by atoms with E-state index in [4.69, 9.17) is 0 Å². The summed E-state index contributed by atoms with van der Waals surface area (Å²) in [4.78, 5) is 16.7. The zero-order valence-corrected chi connectivity index (χ0v) is 19.6. The van der Waals surface area contributed by atoms with Gasteiger partial charge in [-0.3, -0.25) is 4.79 Å². The van der Waals surface area contributed by atoms with Crippen LogP contribution in [0.2, 0.25) is 0 Å². The van der Waals surface area contributed by atoms with E-state index in [9.17, 15) is 13.2 Å². The van der Waals surface area contributed by atoms with Gasteiger partial charge in [-0.2, -0.15) is 4.31 Å². The highest BCUT2D eigenvalue weighted by Crippen LogP contribution is 2.35. The fraction of sp³-hybridized carbons (Fsp3) is 0.458. The number of hydrogen-bond acceptors (Lipinski definition) is 4. The van der Waals surface area contributed by atoms with E-state index in [1.807, 2.05) is 13.8 Å². The number of carbonyl (C=O) groups is 1. The van der Waals surface area contributed by atoms with Crippen LogP contribution in [0.5, 0.6) is 0 Å². The Morgan fingerprint density at radius 3 is 2.39 bits per heavy atom. The molecule has 0 bridgehead atoms. The molecule has 0 aliphatic carbocycles. The molecular weight excluding hydrogens is 410 g/mol. The minimum absolute atomic E-state index is 0.0570. The summed E-state index contributed by atoms with van der Waals surface area (Å²) in [5.41, 5.74) is 5.38. The molecular formula is C24H31N3O3S. The van der Waals surface area contributed by atoms with E-state index in [2.05, 4.69) is 36.9 Å². The van der Waals surface area contributed by atoms with Crippen molar-refractivity contribution >= 4 is 27.3 Å². The van der Waals surface area contributed by atoms with E-state index in [1.54, 1.807) is 27.4 Å². The summed E-state index contributed by atoms with van der Waals surface area (Å²) >= 11 is 0. The fourth-order valence-electron chi connectivity index (χ4n) is 4.70. The maximum atomic E-state index is 13.3. The number of hydrogen-bond donors (Lipinski definition) is 0. The average Bonchev–Trinajstić information content (AvgIpc) is 3.10. The molecule has 7 heteroatoms. The molecule has 2 aromatic carbocycles. The number of nitrogens with zero attached hydrogens (tertiary/aromatic N) is 3. The van der Waals surface area contributed by atoms with Crippen LogP contribution in [0.25, 0.3) is 0 Å². The lowest BCUT2D eigenvalue weighted by Gasteiger charge is -2.36. The number of piperazine rings is 1. The second kappa shape index (κ2) is 8.28. The molecule has 0 N–H and O–H groups in total. The van der Waals surface area contributed by atoms with Gasteiger partial charge in [0.15, 0.2) is 0 Å². The molecule has 0 unspecified atom stereocenters. The van der Waals surface area contributed by atoms with Gasteiger partial charge in [-0.1, -0.05) is 19.1 Å². The third-order valence-electron chi connectivity index (χ3n) is 6.42. The van der Waals surface area contributed by atoms with Gasteiger partial charge >= 0.3 is 0 Å². The van der Waals surface area contributed by atoms with Crippen LogP contribution in [0.4, 0.5) is 11.4 Å². The molecule has 2 aromatic rings. The first-order valence-corrected chi connectivity index (χ1v) is 12.4. The van der Waals surface area contributed by atoms with Gasteiger partial charge in [-0.05, 0) is 68.1 Å². The molecule has 0 saturated carbocycles. The Labute approximate surface area is 185 Å². The Balaban J connectivity index is 1.52. The quantitative estimate of drug-likeness (QED) is 0.729. The Hall–Kier alpha value is -2.38. The van der Waals surface area contributed by atoms with Crippen molar-refractivity contribution in [1.29, 1.82) is 0 Å². The van der Waals surface area contributed by atoms with Crippen LogP contribution in [0.3, 0.4) is 0 Å². The van der Waals surface area contributed by atoms with Crippen LogP contribution in [0.15, 0.2) is 41.3 Å². The van der Waals surface area contributed by atoms with Gasteiger partial charge in [0.25, 0.3) is 0 Å². The molecule has 2 aliphatic rings. The third kappa shape index (κ3) is 3.96. The fourth-order valence-corrected chi connectivity index (χ4v) is 6.17. The third-order valence-corrected chi connectivity index (χ3v) is 8.31. The Morgan fingerprint density at radius 1 is 1.00 bits per heavy atom. The maximum absolute atomic E-state index is 13.3. The van der Waals surface area contributed by atoms with Crippen molar-refractivity contribution in [2.45, 2.75) is 51.5 Å². The zero-order valence-electron chi connectivity index (χ0n) is 18.8. The van der Waals surface area contributed by atoms with E-state index in [1.165, 1.54) is 16.8 Å². The van der Waals surface area contributed by atoms with Gasteiger partial charge in [0, 0.05) is 50.0 Å². The SMILES string of the molecule is CCC(=O)N1c2ccc(S(=O)(=O)N3CCN(c4cc(C)ccc4C)CC3)cc2C[C@@H]1C.